The lowest BCUT2D eigenvalue weighted by Crippen LogP contribution is -2.60. The molecule has 0 amide bonds. The van der Waals surface area contributed by atoms with Crippen LogP contribution in [0.25, 0.3) is 0 Å². The van der Waals surface area contributed by atoms with Gasteiger partial charge in [0.05, 0.1) is 33.0 Å². The van der Waals surface area contributed by atoms with E-state index in [0.717, 1.165) is 22.3 Å². The Morgan fingerprint density at radius 3 is 1.58 bits per heavy atom. The van der Waals surface area contributed by atoms with E-state index in [-0.39, 0.29) is 24.1 Å². The van der Waals surface area contributed by atoms with Crippen LogP contribution in [0.2, 0.25) is 0 Å². The third-order valence-corrected chi connectivity index (χ3v) is 11.6. The highest BCUT2D eigenvalue weighted by molar-refractivity contribution is 7.97. The Balaban J connectivity index is 1.20. The SMILES string of the molecule is O[C@@H]1[C@H](O)[C@@H](OCc2ccccc2)O[C@H](C[S+]2C[C@@H](OCc3ccccc3)[C@H](OCc3ccccc3)[C@H]2COCc2ccccc2)[C@H]1O. The van der Waals surface area contributed by atoms with Gasteiger partial charge in [-0.05, 0) is 22.3 Å². The highest BCUT2D eigenvalue weighted by Gasteiger charge is 2.56. The van der Waals surface area contributed by atoms with Gasteiger partial charge in [0.2, 0.25) is 0 Å². The predicted octanol–water partition coefficient (Wildman–Crippen LogP) is 4.40. The topological polar surface area (TPSA) is 107 Å². The van der Waals surface area contributed by atoms with E-state index in [9.17, 15) is 15.3 Å². The summed E-state index contributed by atoms with van der Waals surface area (Å²) in [5.74, 6) is 1.10. The molecule has 0 radical (unpaired) electrons. The van der Waals surface area contributed by atoms with Gasteiger partial charge in [-0.15, -0.1) is 0 Å². The van der Waals surface area contributed by atoms with Crippen molar-refractivity contribution in [2.24, 2.45) is 0 Å². The van der Waals surface area contributed by atoms with Crippen molar-refractivity contribution in [2.45, 2.75) is 74.6 Å². The Morgan fingerprint density at radius 2 is 1.04 bits per heavy atom. The van der Waals surface area contributed by atoms with Gasteiger partial charge in [-0.2, -0.15) is 0 Å². The van der Waals surface area contributed by atoms with Crippen molar-refractivity contribution < 1.29 is 39.0 Å². The molecule has 2 heterocycles. The fourth-order valence-corrected chi connectivity index (χ4v) is 9.12. The van der Waals surface area contributed by atoms with Gasteiger partial charge >= 0.3 is 0 Å². The second-order valence-electron chi connectivity index (χ2n) is 12.3. The zero-order valence-electron chi connectivity index (χ0n) is 26.9. The van der Waals surface area contributed by atoms with Crippen molar-refractivity contribution in [2.75, 3.05) is 18.1 Å². The standard InChI is InChI=1S/C39H45O8S/c40-35-32(47-39(37(42)36(35)41)46-24-31-19-11-4-12-20-31)26-48-27-33(44-22-29-15-7-2-8-16-29)38(45-23-30-17-9-3-10-18-30)34(48)25-43-21-28-13-5-1-6-14-28/h1-20,32-42H,21-27H2/q+1/t32-,33-,34-,35-,36+,37+,38+,39+,48?/m1/s1. The smallest absolute Gasteiger partial charge is 0.187 e. The van der Waals surface area contributed by atoms with Crippen LogP contribution in [0, 0.1) is 0 Å². The monoisotopic (exact) mass is 673 g/mol. The van der Waals surface area contributed by atoms with E-state index in [0.29, 0.717) is 37.9 Å². The average Bonchev–Trinajstić information content (AvgIpc) is 3.46. The molecule has 0 aromatic heterocycles. The average molecular weight is 674 g/mol. The van der Waals surface area contributed by atoms with Gasteiger partial charge in [0, 0.05) is 10.9 Å². The molecule has 0 aliphatic carbocycles. The summed E-state index contributed by atoms with van der Waals surface area (Å²) in [4.78, 5) is 0. The minimum absolute atomic E-state index is 0.0679. The lowest BCUT2D eigenvalue weighted by molar-refractivity contribution is -0.295. The molecule has 9 heteroatoms. The van der Waals surface area contributed by atoms with Crippen LogP contribution in [-0.2, 0) is 61.0 Å². The molecule has 9 atom stereocenters. The molecule has 8 nitrogen and oxygen atoms in total. The van der Waals surface area contributed by atoms with Crippen LogP contribution in [0.5, 0.6) is 0 Å². The van der Waals surface area contributed by atoms with E-state index < -0.39 is 41.6 Å². The predicted molar refractivity (Wildman–Crippen MR) is 185 cm³/mol. The Kier molecular flexibility index (Phi) is 12.7. The van der Waals surface area contributed by atoms with Crippen molar-refractivity contribution in [1.29, 1.82) is 0 Å². The minimum Gasteiger partial charge on any atom is -0.387 e. The van der Waals surface area contributed by atoms with Gasteiger partial charge in [-0.3, -0.25) is 0 Å². The number of hydrogen-bond donors (Lipinski definition) is 3. The largest absolute Gasteiger partial charge is 0.387 e. The number of rotatable bonds is 15. The van der Waals surface area contributed by atoms with E-state index in [2.05, 4.69) is 0 Å². The van der Waals surface area contributed by atoms with Crippen molar-refractivity contribution in [1.82, 2.24) is 0 Å². The summed E-state index contributed by atoms with van der Waals surface area (Å²) in [6, 6.07) is 39.8. The quantitative estimate of drug-likeness (QED) is 0.160. The molecule has 4 aromatic carbocycles. The first-order valence-electron chi connectivity index (χ1n) is 16.5. The molecule has 1 unspecified atom stereocenters. The third kappa shape index (κ3) is 9.32. The fraction of sp³-hybridized carbons (Fsp3) is 0.385. The van der Waals surface area contributed by atoms with Gasteiger partial charge < -0.3 is 39.0 Å². The normalized spacial score (nSPS) is 28.8. The van der Waals surface area contributed by atoms with Crippen LogP contribution in [-0.4, -0.2) is 81.6 Å². The lowest BCUT2D eigenvalue weighted by atomic mass is 10.00. The van der Waals surface area contributed by atoms with E-state index in [1.54, 1.807) is 0 Å². The van der Waals surface area contributed by atoms with Gasteiger partial charge in [-0.1, -0.05) is 121 Å². The number of hydrogen-bond acceptors (Lipinski definition) is 8. The van der Waals surface area contributed by atoms with E-state index in [1.807, 2.05) is 121 Å². The summed E-state index contributed by atoms with van der Waals surface area (Å²) in [6.07, 6.45) is -6.48. The molecular formula is C39H45O8S+. The van der Waals surface area contributed by atoms with E-state index in [1.165, 1.54) is 0 Å². The van der Waals surface area contributed by atoms with Crippen molar-refractivity contribution in [3.05, 3.63) is 144 Å². The molecule has 254 valence electrons. The van der Waals surface area contributed by atoms with Crippen LogP contribution in [0.15, 0.2) is 121 Å². The summed E-state index contributed by atoms with van der Waals surface area (Å²) in [5.41, 5.74) is 4.13. The summed E-state index contributed by atoms with van der Waals surface area (Å²) < 4.78 is 31.8. The minimum atomic E-state index is -1.42. The molecule has 6 rings (SSSR count). The molecular weight excluding hydrogens is 628 g/mol. The highest BCUT2D eigenvalue weighted by Crippen LogP contribution is 2.34. The second-order valence-corrected chi connectivity index (χ2v) is 14.7. The zero-order chi connectivity index (χ0) is 33.1. The molecule has 0 spiro atoms. The molecule has 3 N–H and O–H groups in total. The van der Waals surface area contributed by atoms with Gasteiger partial charge in [0.25, 0.3) is 0 Å². The van der Waals surface area contributed by atoms with Crippen LogP contribution in [0.1, 0.15) is 22.3 Å². The Labute approximate surface area is 285 Å². The van der Waals surface area contributed by atoms with E-state index >= 15 is 0 Å². The Hall–Kier alpha value is -3.09. The number of benzene rings is 4. The number of aliphatic hydroxyl groups excluding tert-OH is 3. The van der Waals surface area contributed by atoms with Crippen LogP contribution < -0.4 is 0 Å². The van der Waals surface area contributed by atoms with Crippen molar-refractivity contribution in [3.63, 3.8) is 0 Å². The number of ether oxygens (including phenoxy) is 5. The van der Waals surface area contributed by atoms with Gasteiger partial charge in [-0.25, -0.2) is 0 Å². The summed E-state index contributed by atoms with van der Waals surface area (Å²) in [6.45, 7) is 1.94. The summed E-state index contributed by atoms with van der Waals surface area (Å²) in [5, 5.41) is 32.7. The maximum atomic E-state index is 11.1. The van der Waals surface area contributed by atoms with E-state index in [4.69, 9.17) is 23.7 Å². The zero-order valence-corrected chi connectivity index (χ0v) is 27.7. The molecule has 0 bridgehead atoms. The Morgan fingerprint density at radius 1 is 0.562 bits per heavy atom. The first-order valence-corrected chi connectivity index (χ1v) is 18.1. The van der Waals surface area contributed by atoms with Gasteiger partial charge in [0.15, 0.2) is 11.5 Å². The number of aliphatic hydroxyl groups is 3. The van der Waals surface area contributed by atoms with Crippen molar-refractivity contribution >= 4 is 10.9 Å². The highest BCUT2D eigenvalue weighted by atomic mass is 32.2. The van der Waals surface area contributed by atoms with Crippen LogP contribution in [0.3, 0.4) is 0 Å². The molecule has 2 saturated heterocycles. The molecule has 2 fully saturated rings. The lowest BCUT2D eigenvalue weighted by Gasteiger charge is -2.39. The molecule has 4 aromatic rings. The first-order chi connectivity index (χ1) is 23.5. The molecule has 2 aliphatic rings. The molecule has 2 aliphatic heterocycles. The maximum absolute atomic E-state index is 11.1. The fourth-order valence-electron chi connectivity index (χ4n) is 6.17. The second kappa shape index (κ2) is 17.5. The van der Waals surface area contributed by atoms with Gasteiger partial charge in [0.1, 0.15) is 48.1 Å². The Bertz CT molecular complexity index is 1480. The molecule has 48 heavy (non-hydrogen) atoms. The van der Waals surface area contributed by atoms with Crippen LogP contribution in [0.4, 0.5) is 0 Å². The maximum Gasteiger partial charge on any atom is 0.187 e. The summed E-state index contributed by atoms with van der Waals surface area (Å²) in [7, 11) is -0.406. The summed E-state index contributed by atoms with van der Waals surface area (Å²) >= 11 is 0. The molecule has 0 saturated carbocycles. The first kappa shape index (κ1) is 34.8. The third-order valence-electron chi connectivity index (χ3n) is 8.83. The van der Waals surface area contributed by atoms with Crippen molar-refractivity contribution in [3.8, 4) is 0 Å². The van der Waals surface area contributed by atoms with Crippen LogP contribution >= 0.6 is 0 Å².